The van der Waals surface area contributed by atoms with Gasteiger partial charge in [-0.25, -0.2) is 4.98 Å². The Balaban J connectivity index is 1.17. The Morgan fingerprint density at radius 2 is 1.68 bits per heavy atom. The van der Waals surface area contributed by atoms with Crippen LogP contribution in [0.3, 0.4) is 0 Å². The maximum Gasteiger partial charge on any atom is 0.310 e. The molecule has 0 N–H and O–H groups in total. The summed E-state index contributed by atoms with van der Waals surface area (Å²) in [6.07, 6.45) is 2.36. The number of aromatic nitrogens is 1. The van der Waals surface area contributed by atoms with E-state index in [0.717, 1.165) is 48.7 Å². The summed E-state index contributed by atoms with van der Waals surface area (Å²) in [5.74, 6) is 2.10. The fraction of sp³-hybridized carbons (Fsp3) is 0.312. The van der Waals surface area contributed by atoms with Crippen molar-refractivity contribution in [3.63, 3.8) is 0 Å². The number of ether oxygens (including phenoxy) is 2. The van der Waals surface area contributed by atoms with E-state index in [-0.39, 0.29) is 17.9 Å². The number of rotatable bonds is 10. The molecule has 2 heterocycles. The van der Waals surface area contributed by atoms with Crippen molar-refractivity contribution >= 4 is 5.97 Å². The van der Waals surface area contributed by atoms with Crippen LogP contribution in [0.4, 0.5) is 0 Å². The Kier molecular flexibility index (Phi) is 8.19. The van der Waals surface area contributed by atoms with Gasteiger partial charge in [0.1, 0.15) is 11.5 Å². The molecule has 5 rings (SSSR count). The molecular formula is C32H34N2O4. The Morgan fingerprint density at radius 1 is 0.974 bits per heavy atom. The van der Waals surface area contributed by atoms with Crippen LogP contribution in [0.5, 0.6) is 5.75 Å². The van der Waals surface area contributed by atoms with Crippen LogP contribution in [0, 0.1) is 12.8 Å². The summed E-state index contributed by atoms with van der Waals surface area (Å²) in [7, 11) is 1.47. The Labute approximate surface area is 224 Å². The van der Waals surface area contributed by atoms with Crippen molar-refractivity contribution in [1.29, 1.82) is 0 Å². The topological polar surface area (TPSA) is 64.8 Å². The minimum Gasteiger partial charge on any atom is -0.493 e. The van der Waals surface area contributed by atoms with Gasteiger partial charge in [0.2, 0.25) is 5.89 Å². The highest BCUT2D eigenvalue weighted by Crippen LogP contribution is 2.29. The van der Waals surface area contributed by atoms with E-state index in [4.69, 9.17) is 13.9 Å². The van der Waals surface area contributed by atoms with Gasteiger partial charge in [0, 0.05) is 31.1 Å². The third-order valence-electron chi connectivity index (χ3n) is 7.21. The maximum absolute atomic E-state index is 12.3. The van der Waals surface area contributed by atoms with Gasteiger partial charge in [0.25, 0.3) is 0 Å². The van der Waals surface area contributed by atoms with E-state index in [1.54, 1.807) is 0 Å². The van der Waals surface area contributed by atoms with Crippen molar-refractivity contribution in [2.24, 2.45) is 5.92 Å². The Bertz CT molecular complexity index is 1320. The predicted molar refractivity (Wildman–Crippen MR) is 147 cm³/mol. The zero-order valence-electron chi connectivity index (χ0n) is 22.0. The number of benzene rings is 3. The molecule has 6 heteroatoms. The van der Waals surface area contributed by atoms with Gasteiger partial charge >= 0.3 is 5.97 Å². The molecule has 4 aromatic rings. The summed E-state index contributed by atoms with van der Waals surface area (Å²) in [4.78, 5) is 19.3. The molecule has 3 aromatic carbocycles. The van der Waals surface area contributed by atoms with E-state index < -0.39 is 0 Å². The lowest BCUT2D eigenvalue weighted by molar-refractivity contribution is -0.145. The SMILES string of the molecule is COC(=O)[C@H]1C[C@H](Cc2ccc(OCCc3nc(-c4ccccc4)oc3C)cc2)N(Cc2ccccc2)C1. The van der Waals surface area contributed by atoms with Crippen LogP contribution in [-0.4, -0.2) is 42.2 Å². The monoisotopic (exact) mass is 510 g/mol. The molecule has 1 aliphatic heterocycles. The number of oxazole rings is 1. The Morgan fingerprint density at radius 3 is 2.39 bits per heavy atom. The molecule has 0 aliphatic carbocycles. The summed E-state index contributed by atoms with van der Waals surface area (Å²) < 4.78 is 16.9. The largest absolute Gasteiger partial charge is 0.493 e. The number of carbonyl (C=O) groups is 1. The first-order chi connectivity index (χ1) is 18.6. The van der Waals surface area contributed by atoms with Crippen LogP contribution in [0.2, 0.25) is 0 Å². The molecule has 0 saturated carbocycles. The van der Waals surface area contributed by atoms with Crippen molar-refractivity contribution in [1.82, 2.24) is 9.88 Å². The van der Waals surface area contributed by atoms with Crippen LogP contribution in [-0.2, 0) is 28.9 Å². The number of carbonyl (C=O) groups excluding carboxylic acids is 1. The molecular weight excluding hydrogens is 476 g/mol. The number of methoxy groups -OCH3 is 1. The predicted octanol–water partition coefficient (Wildman–Crippen LogP) is 5.88. The summed E-state index contributed by atoms with van der Waals surface area (Å²) in [5.41, 5.74) is 4.37. The van der Waals surface area contributed by atoms with Gasteiger partial charge in [-0.1, -0.05) is 60.7 Å². The van der Waals surface area contributed by atoms with E-state index >= 15 is 0 Å². The minimum absolute atomic E-state index is 0.0845. The number of esters is 1. The van der Waals surface area contributed by atoms with E-state index in [1.165, 1.54) is 18.2 Å². The lowest BCUT2D eigenvalue weighted by atomic mass is 9.99. The standard InChI is InChI=1S/C32H34N2O4/c1-23-30(33-31(38-23)26-11-7-4-8-12-26)17-18-37-29-15-13-24(14-16-29)19-28-20-27(32(35)36-2)22-34(28)21-25-9-5-3-6-10-25/h3-16,27-28H,17-22H2,1-2H3/t27-,28-/m0/s1. The molecule has 6 nitrogen and oxygen atoms in total. The van der Waals surface area contributed by atoms with Gasteiger partial charge in [0.15, 0.2) is 0 Å². The first kappa shape index (κ1) is 25.7. The van der Waals surface area contributed by atoms with Gasteiger partial charge in [-0.3, -0.25) is 9.69 Å². The molecule has 0 unspecified atom stereocenters. The normalized spacial score (nSPS) is 17.4. The summed E-state index contributed by atoms with van der Waals surface area (Å²) in [5, 5.41) is 0. The molecule has 0 radical (unpaired) electrons. The quantitative estimate of drug-likeness (QED) is 0.248. The highest BCUT2D eigenvalue weighted by atomic mass is 16.5. The molecule has 196 valence electrons. The zero-order valence-corrected chi connectivity index (χ0v) is 22.0. The molecule has 1 saturated heterocycles. The van der Waals surface area contributed by atoms with Crippen molar-refractivity contribution in [3.8, 4) is 17.2 Å². The molecule has 1 aromatic heterocycles. The molecule has 1 aliphatic rings. The molecule has 38 heavy (non-hydrogen) atoms. The van der Waals surface area contributed by atoms with Crippen LogP contribution >= 0.6 is 0 Å². The molecule has 0 spiro atoms. The number of hydrogen-bond donors (Lipinski definition) is 0. The number of hydrogen-bond acceptors (Lipinski definition) is 6. The second-order valence-electron chi connectivity index (χ2n) is 9.86. The second kappa shape index (κ2) is 12.1. The third-order valence-corrected chi connectivity index (χ3v) is 7.21. The highest BCUT2D eigenvalue weighted by Gasteiger charge is 2.36. The summed E-state index contributed by atoms with van der Waals surface area (Å²) >= 11 is 0. The van der Waals surface area contributed by atoms with Gasteiger partial charge in [0.05, 0.1) is 25.3 Å². The van der Waals surface area contributed by atoms with Crippen molar-refractivity contribution < 1.29 is 18.7 Å². The minimum atomic E-state index is -0.118. The number of likely N-dealkylation sites (tertiary alicyclic amines) is 1. The lowest BCUT2D eigenvalue weighted by Crippen LogP contribution is -2.31. The Hall–Kier alpha value is -3.90. The average molecular weight is 511 g/mol. The van der Waals surface area contributed by atoms with E-state index in [9.17, 15) is 4.79 Å². The molecule has 0 bridgehead atoms. The summed E-state index contributed by atoms with van der Waals surface area (Å²) in [6, 6.07) is 28.9. The molecule has 1 fully saturated rings. The van der Waals surface area contributed by atoms with Crippen LogP contribution in [0.15, 0.2) is 89.3 Å². The van der Waals surface area contributed by atoms with Crippen molar-refractivity contribution in [2.45, 2.75) is 38.8 Å². The zero-order chi connectivity index (χ0) is 26.3. The van der Waals surface area contributed by atoms with Crippen LogP contribution in [0.1, 0.15) is 29.0 Å². The summed E-state index contributed by atoms with van der Waals surface area (Å²) in [6.45, 7) is 4.02. The fourth-order valence-electron chi connectivity index (χ4n) is 5.17. The van der Waals surface area contributed by atoms with Gasteiger partial charge in [-0.05, 0) is 55.2 Å². The molecule has 0 amide bonds. The average Bonchev–Trinajstić information content (AvgIpc) is 3.53. The second-order valence-corrected chi connectivity index (χ2v) is 9.86. The van der Waals surface area contributed by atoms with Crippen molar-refractivity contribution in [3.05, 3.63) is 108 Å². The van der Waals surface area contributed by atoms with Crippen LogP contribution in [0.25, 0.3) is 11.5 Å². The number of nitrogens with zero attached hydrogens (tertiary/aromatic N) is 2. The highest BCUT2D eigenvalue weighted by molar-refractivity contribution is 5.73. The van der Waals surface area contributed by atoms with Gasteiger partial charge < -0.3 is 13.9 Å². The smallest absolute Gasteiger partial charge is 0.310 e. The molecule has 2 atom stereocenters. The van der Waals surface area contributed by atoms with E-state index in [2.05, 4.69) is 46.3 Å². The first-order valence-corrected chi connectivity index (χ1v) is 13.2. The van der Waals surface area contributed by atoms with Crippen LogP contribution < -0.4 is 4.74 Å². The lowest BCUT2D eigenvalue weighted by Gasteiger charge is -2.24. The number of aryl methyl sites for hydroxylation is 1. The van der Waals surface area contributed by atoms with E-state index in [0.29, 0.717) is 18.9 Å². The van der Waals surface area contributed by atoms with Gasteiger partial charge in [-0.2, -0.15) is 0 Å². The van der Waals surface area contributed by atoms with Gasteiger partial charge in [-0.15, -0.1) is 0 Å². The maximum atomic E-state index is 12.3. The third kappa shape index (κ3) is 6.32. The fourth-order valence-corrected chi connectivity index (χ4v) is 5.17. The van der Waals surface area contributed by atoms with Crippen molar-refractivity contribution in [2.75, 3.05) is 20.3 Å². The van der Waals surface area contributed by atoms with E-state index in [1.807, 2.05) is 55.5 Å². The first-order valence-electron chi connectivity index (χ1n) is 13.2.